The number of rotatable bonds is 5. The molecule has 2 atom stereocenters. The molecule has 0 bridgehead atoms. The van der Waals surface area contributed by atoms with Crippen molar-refractivity contribution >= 4 is 17.9 Å². The third-order valence-corrected chi connectivity index (χ3v) is 3.65. The van der Waals surface area contributed by atoms with E-state index in [9.17, 15) is 14.4 Å². The lowest BCUT2D eigenvalue weighted by Crippen LogP contribution is -2.44. The van der Waals surface area contributed by atoms with E-state index in [1.165, 1.54) is 4.90 Å². The van der Waals surface area contributed by atoms with Gasteiger partial charge in [-0.25, -0.2) is 4.79 Å². The van der Waals surface area contributed by atoms with Gasteiger partial charge in [0.2, 0.25) is 5.91 Å². The minimum Gasteiger partial charge on any atom is -0.481 e. The Morgan fingerprint density at radius 1 is 1.15 bits per heavy atom. The van der Waals surface area contributed by atoms with Gasteiger partial charge in [0.25, 0.3) is 0 Å². The van der Waals surface area contributed by atoms with Gasteiger partial charge in [-0.15, -0.1) is 0 Å². The van der Waals surface area contributed by atoms with Gasteiger partial charge in [0.05, 0.1) is 12.5 Å². The molecule has 1 rings (SSSR count). The zero-order valence-electron chi connectivity index (χ0n) is 12.0. The van der Waals surface area contributed by atoms with Crippen LogP contribution in [0.25, 0.3) is 0 Å². The van der Waals surface area contributed by atoms with Crippen molar-refractivity contribution in [2.75, 3.05) is 27.2 Å². The number of amides is 3. The van der Waals surface area contributed by atoms with Gasteiger partial charge in [-0.1, -0.05) is 12.8 Å². The van der Waals surface area contributed by atoms with Crippen LogP contribution in [0, 0.1) is 11.8 Å². The lowest BCUT2D eigenvalue weighted by molar-refractivity contribution is -0.144. The zero-order chi connectivity index (χ0) is 15.1. The Balaban J connectivity index is 2.32. The highest BCUT2D eigenvalue weighted by molar-refractivity contribution is 5.83. The molecule has 20 heavy (non-hydrogen) atoms. The molecule has 7 nitrogen and oxygen atoms in total. The maximum absolute atomic E-state index is 11.5. The lowest BCUT2D eigenvalue weighted by Gasteiger charge is -2.28. The quantitative estimate of drug-likeness (QED) is 0.675. The van der Waals surface area contributed by atoms with E-state index in [1.54, 1.807) is 14.1 Å². The number of carboxylic acids is 1. The molecule has 1 fully saturated rings. The predicted octanol–water partition coefficient (Wildman–Crippen LogP) is 0.265. The molecule has 0 heterocycles. The normalized spacial score (nSPS) is 21.9. The maximum Gasteiger partial charge on any atom is 0.315 e. The smallest absolute Gasteiger partial charge is 0.315 e. The van der Waals surface area contributed by atoms with E-state index in [0.717, 1.165) is 19.3 Å². The molecule has 1 saturated carbocycles. The van der Waals surface area contributed by atoms with Crippen molar-refractivity contribution in [3.63, 3.8) is 0 Å². The molecule has 0 aliphatic heterocycles. The second kappa shape index (κ2) is 7.72. The van der Waals surface area contributed by atoms with E-state index in [1.807, 2.05) is 0 Å². The standard InChI is InChI=1S/C13H23N3O4/c1-16(2)11(17)8-15-13(20)14-7-9-5-3-4-6-10(9)12(18)19/h9-10H,3-8H2,1-2H3,(H,18,19)(H2,14,15,20). The zero-order valence-corrected chi connectivity index (χ0v) is 12.0. The molecular formula is C13H23N3O4. The van der Waals surface area contributed by atoms with Crippen molar-refractivity contribution in [3.05, 3.63) is 0 Å². The maximum atomic E-state index is 11.5. The second-order valence-electron chi connectivity index (χ2n) is 5.34. The summed E-state index contributed by atoms with van der Waals surface area (Å²) >= 11 is 0. The van der Waals surface area contributed by atoms with Crippen LogP contribution in [0.5, 0.6) is 0 Å². The van der Waals surface area contributed by atoms with Gasteiger partial charge >= 0.3 is 12.0 Å². The second-order valence-corrected chi connectivity index (χ2v) is 5.34. The molecule has 0 aromatic carbocycles. The summed E-state index contributed by atoms with van der Waals surface area (Å²) in [5.41, 5.74) is 0. The molecule has 3 amide bonds. The lowest BCUT2D eigenvalue weighted by atomic mass is 9.79. The predicted molar refractivity (Wildman–Crippen MR) is 73.2 cm³/mol. The Hall–Kier alpha value is -1.79. The molecule has 0 aromatic heterocycles. The average Bonchev–Trinajstić information content (AvgIpc) is 2.42. The molecule has 1 aliphatic carbocycles. The molecule has 0 saturated heterocycles. The fraction of sp³-hybridized carbons (Fsp3) is 0.769. The number of nitrogens with zero attached hydrogens (tertiary/aromatic N) is 1. The number of carbonyl (C=O) groups excluding carboxylic acids is 2. The van der Waals surface area contributed by atoms with Crippen molar-refractivity contribution in [1.82, 2.24) is 15.5 Å². The number of hydrogen-bond donors (Lipinski definition) is 3. The summed E-state index contributed by atoms with van der Waals surface area (Å²) in [7, 11) is 3.23. The molecule has 0 spiro atoms. The highest BCUT2D eigenvalue weighted by Crippen LogP contribution is 2.29. The first-order chi connectivity index (χ1) is 9.41. The first-order valence-corrected chi connectivity index (χ1v) is 6.86. The van der Waals surface area contributed by atoms with Crippen LogP contribution in [0.15, 0.2) is 0 Å². The van der Waals surface area contributed by atoms with E-state index in [2.05, 4.69) is 10.6 Å². The van der Waals surface area contributed by atoms with Gasteiger partial charge in [0.15, 0.2) is 0 Å². The minimum atomic E-state index is -0.792. The van der Waals surface area contributed by atoms with Crippen molar-refractivity contribution in [3.8, 4) is 0 Å². The SMILES string of the molecule is CN(C)C(=O)CNC(=O)NCC1CCCCC1C(=O)O. The van der Waals surface area contributed by atoms with E-state index >= 15 is 0 Å². The number of urea groups is 1. The molecule has 7 heteroatoms. The van der Waals surface area contributed by atoms with Crippen LogP contribution in [-0.4, -0.2) is 55.1 Å². The Kier molecular flexibility index (Phi) is 6.27. The first-order valence-electron chi connectivity index (χ1n) is 6.86. The van der Waals surface area contributed by atoms with E-state index in [-0.39, 0.29) is 24.3 Å². The van der Waals surface area contributed by atoms with Crippen LogP contribution < -0.4 is 10.6 Å². The fourth-order valence-corrected chi connectivity index (χ4v) is 2.38. The van der Waals surface area contributed by atoms with E-state index < -0.39 is 12.0 Å². The molecule has 0 aromatic rings. The largest absolute Gasteiger partial charge is 0.481 e. The highest BCUT2D eigenvalue weighted by Gasteiger charge is 2.30. The van der Waals surface area contributed by atoms with Gasteiger partial charge in [-0.3, -0.25) is 9.59 Å². The van der Waals surface area contributed by atoms with Gasteiger partial charge in [0.1, 0.15) is 0 Å². The first kappa shape index (κ1) is 16.3. The van der Waals surface area contributed by atoms with Crippen LogP contribution >= 0.6 is 0 Å². The monoisotopic (exact) mass is 285 g/mol. The van der Waals surface area contributed by atoms with Crippen molar-refractivity contribution in [2.45, 2.75) is 25.7 Å². The number of likely N-dealkylation sites (N-methyl/N-ethyl adjacent to an activating group) is 1. The summed E-state index contributed by atoms with van der Waals surface area (Å²) in [5.74, 6) is -1.40. The van der Waals surface area contributed by atoms with Gasteiger partial charge in [-0.05, 0) is 18.8 Å². The number of carboxylic acid groups (broad SMARTS) is 1. The van der Waals surface area contributed by atoms with Crippen LogP contribution in [0.3, 0.4) is 0 Å². The highest BCUT2D eigenvalue weighted by atomic mass is 16.4. The van der Waals surface area contributed by atoms with Crippen molar-refractivity contribution in [1.29, 1.82) is 0 Å². The summed E-state index contributed by atoms with van der Waals surface area (Å²) in [6, 6.07) is -0.435. The Morgan fingerprint density at radius 2 is 1.80 bits per heavy atom. The molecular weight excluding hydrogens is 262 g/mol. The summed E-state index contributed by atoms with van der Waals surface area (Å²) in [6.45, 7) is 0.269. The average molecular weight is 285 g/mol. The molecule has 0 radical (unpaired) electrons. The summed E-state index contributed by atoms with van der Waals surface area (Å²) in [5, 5.41) is 14.2. The minimum absolute atomic E-state index is 0.0310. The Labute approximate surface area is 118 Å². The summed E-state index contributed by atoms with van der Waals surface area (Å²) in [4.78, 5) is 35.4. The number of aliphatic carboxylic acids is 1. The van der Waals surface area contributed by atoms with Crippen LogP contribution in [0.2, 0.25) is 0 Å². The number of hydrogen-bond acceptors (Lipinski definition) is 3. The summed E-state index contributed by atoms with van der Waals surface area (Å²) in [6.07, 6.45) is 3.41. The topological polar surface area (TPSA) is 98.7 Å². The molecule has 1 aliphatic rings. The van der Waals surface area contributed by atoms with Crippen LogP contribution in [0.1, 0.15) is 25.7 Å². The van der Waals surface area contributed by atoms with Gasteiger partial charge in [0, 0.05) is 20.6 Å². The number of carbonyl (C=O) groups is 3. The van der Waals surface area contributed by atoms with Gasteiger partial charge < -0.3 is 20.6 Å². The van der Waals surface area contributed by atoms with Crippen LogP contribution in [-0.2, 0) is 9.59 Å². The molecule has 2 unspecified atom stereocenters. The van der Waals surface area contributed by atoms with Crippen molar-refractivity contribution < 1.29 is 19.5 Å². The Bertz CT molecular complexity index is 371. The van der Waals surface area contributed by atoms with Gasteiger partial charge in [-0.2, -0.15) is 0 Å². The van der Waals surface area contributed by atoms with E-state index in [4.69, 9.17) is 5.11 Å². The third kappa shape index (κ3) is 5.07. The van der Waals surface area contributed by atoms with E-state index in [0.29, 0.717) is 13.0 Å². The number of nitrogens with one attached hydrogen (secondary N) is 2. The Morgan fingerprint density at radius 3 is 2.40 bits per heavy atom. The third-order valence-electron chi connectivity index (χ3n) is 3.65. The van der Waals surface area contributed by atoms with Crippen molar-refractivity contribution in [2.24, 2.45) is 11.8 Å². The van der Waals surface area contributed by atoms with Crippen LogP contribution in [0.4, 0.5) is 4.79 Å². The molecule has 114 valence electrons. The summed E-state index contributed by atoms with van der Waals surface area (Å²) < 4.78 is 0. The molecule has 3 N–H and O–H groups in total. The fourth-order valence-electron chi connectivity index (χ4n) is 2.38.